The van der Waals surface area contributed by atoms with Crippen LogP contribution in [0.25, 0.3) is 21.0 Å². The number of aryl methyl sites for hydroxylation is 1. The normalized spacial score (nSPS) is 10.9. The van der Waals surface area contributed by atoms with Gasteiger partial charge in [-0.2, -0.15) is 0 Å². The molecule has 1 N–H and O–H groups in total. The van der Waals surface area contributed by atoms with Crippen LogP contribution in [-0.4, -0.2) is 10.9 Å². The Labute approximate surface area is 142 Å². The lowest BCUT2D eigenvalue weighted by atomic mass is 10.2. The first kappa shape index (κ1) is 14.7. The minimum absolute atomic E-state index is 0.269. The number of nitrogens with one attached hydrogen (secondary N) is 1. The smallest absolute Gasteiger partial charge is 0.291 e. The van der Waals surface area contributed by atoms with E-state index in [1.807, 2.05) is 55.5 Å². The Morgan fingerprint density at radius 1 is 1.08 bits per heavy atom. The maximum atomic E-state index is 12.3. The number of para-hydroxylation sites is 1. The molecule has 0 unspecified atom stereocenters. The van der Waals surface area contributed by atoms with Crippen molar-refractivity contribution in [2.24, 2.45) is 0 Å². The van der Waals surface area contributed by atoms with Crippen LogP contribution in [0.4, 0.5) is 5.69 Å². The Morgan fingerprint density at radius 2 is 1.96 bits per heavy atom. The highest BCUT2D eigenvalue weighted by Crippen LogP contribution is 2.31. The fourth-order valence-electron chi connectivity index (χ4n) is 2.47. The number of hydrogen-bond acceptors (Lipinski definition) is 4. The monoisotopic (exact) mass is 334 g/mol. The van der Waals surface area contributed by atoms with Crippen molar-refractivity contribution in [3.8, 4) is 10.8 Å². The predicted molar refractivity (Wildman–Crippen MR) is 96.5 cm³/mol. The Morgan fingerprint density at radius 3 is 2.79 bits per heavy atom. The van der Waals surface area contributed by atoms with Crippen LogP contribution in [0.2, 0.25) is 0 Å². The van der Waals surface area contributed by atoms with Gasteiger partial charge in [0, 0.05) is 5.69 Å². The lowest BCUT2D eigenvalue weighted by Gasteiger charge is -2.03. The van der Waals surface area contributed by atoms with Crippen LogP contribution in [0.5, 0.6) is 0 Å². The number of rotatable bonds is 3. The van der Waals surface area contributed by atoms with Gasteiger partial charge >= 0.3 is 0 Å². The lowest BCUT2D eigenvalue weighted by Crippen LogP contribution is -2.10. The van der Waals surface area contributed by atoms with Crippen molar-refractivity contribution < 1.29 is 9.21 Å². The molecule has 0 saturated carbocycles. The highest BCUT2D eigenvalue weighted by Gasteiger charge is 2.15. The third kappa shape index (κ3) is 2.81. The van der Waals surface area contributed by atoms with Crippen molar-refractivity contribution in [3.63, 3.8) is 0 Å². The number of nitrogens with zero attached hydrogens (tertiary/aromatic N) is 1. The predicted octanol–water partition coefficient (Wildman–Crippen LogP) is 5.12. The summed E-state index contributed by atoms with van der Waals surface area (Å²) < 4.78 is 6.79. The van der Waals surface area contributed by atoms with Crippen LogP contribution < -0.4 is 5.32 Å². The Hall–Kier alpha value is -2.92. The number of furan rings is 1. The summed E-state index contributed by atoms with van der Waals surface area (Å²) in [5.74, 6) is 0.601. The Kier molecular flexibility index (Phi) is 3.63. The summed E-state index contributed by atoms with van der Waals surface area (Å²) in [7, 11) is 0. The number of aromatic nitrogens is 1. The molecule has 0 fully saturated rings. The molecular formula is C19H14N2O2S. The second-order valence-electron chi connectivity index (χ2n) is 5.47. The Bertz CT molecular complexity index is 999. The van der Waals surface area contributed by atoms with Gasteiger partial charge in [0.05, 0.1) is 10.2 Å². The molecule has 2 aromatic heterocycles. The van der Waals surface area contributed by atoms with Crippen LogP contribution in [-0.2, 0) is 0 Å². The molecule has 5 heteroatoms. The van der Waals surface area contributed by atoms with Crippen molar-refractivity contribution in [1.29, 1.82) is 0 Å². The second kappa shape index (κ2) is 5.94. The molecule has 0 radical (unpaired) electrons. The lowest BCUT2D eigenvalue weighted by molar-refractivity contribution is 0.0997. The number of benzene rings is 2. The summed E-state index contributed by atoms with van der Waals surface area (Å²) in [6.45, 7) is 1.98. The van der Waals surface area contributed by atoms with Crippen LogP contribution in [0.15, 0.2) is 65.1 Å². The maximum Gasteiger partial charge on any atom is 0.291 e. The number of amides is 1. The van der Waals surface area contributed by atoms with Crippen molar-refractivity contribution in [1.82, 2.24) is 4.98 Å². The molecule has 0 saturated heterocycles. The molecule has 0 spiro atoms. The number of carbonyl (C=O) groups excluding carboxylic acids is 1. The molecule has 1 amide bonds. The van der Waals surface area contributed by atoms with E-state index in [9.17, 15) is 4.79 Å². The van der Waals surface area contributed by atoms with E-state index in [-0.39, 0.29) is 11.7 Å². The van der Waals surface area contributed by atoms with Crippen molar-refractivity contribution in [3.05, 3.63) is 72.0 Å². The van der Waals surface area contributed by atoms with E-state index in [1.54, 1.807) is 23.5 Å². The average Bonchev–Trinajstić information content (AvgIpc) is 3.21. The zero-order valence-corrected chi connectivity index (χ0v) is 13.8. The summed E-state index contributed by atoms with van der Waals surface area (Å²) in [5.41, 5.74) is 2.76. The van der Waals surface area contributed by atoms with E-state index >= 15 is 0 Å². The Balaban J connectivity index is 1.58. The van der Waals surface area contributed by atoms with E-state index in [0.717, 1.165) is 26.5 Å². The third-order valence-corrected chi connectivity index (χ3v) is 4.66. The van der Waals surface area contributed by atoms with E-state index < -0.39 is 0 Å². The maximum absolute atomic E-state index is 12.3. The number of anilines is 1. The van der Waals surface area contributed by atoms with E-state index in [1.165, 1.54) is 0 Å². The summed E-state index contributed by atoms with van der Waals surface area (Å²) >= 11 is 1.54. The van der Waals surface area contributed by atoms with E-state index in [0.29, 0.717) is 5.76 Å². The topological polar surface area (TPSA) is 55.1 Å². The molecule has 0 aliphatic carbocycles. The van der Waals surface area contributed by atoms with Crippen molar-refractivity contribution in [2.45, 2.75) is 6.92 Å². The zero-order chi connectivity index (χ0) is 16.5. The number of hydrogen-bond donors (Lipinski definition) is 1. The van der Waals surface area contributed by atoms with E-state index in [4.69, 9.17) is 4.42 Å². The largest absolute Gasteiger partial charge is 0.448 e. The van der Waals surface area contributed by atoms with Gasteiger partial charge < -0.3 is 9.73 Å². The molecule has 0 aliphatic heterocycles. The fourth-order valence-corrected chi connectivity index (χ4v) is 3.40. The number of thiazole rings is 1. The standard InChI is InChI=1S/C19H14N2O2S/c1-12-5-4-6-13(11-12)20-18(22)15-9-10-16(23-15)19-21-14-7-2-3-8-17(14)24-19/h2-11H,1H3,(H,20,22). The quantitative estimate of drug-likeness (QED) is 0.566. The van der Waals surface area contributed by atoms with E-state index in [2.05, 4.69) is 10.3 Å². The second-order valence-corrected chi connectivity index (χ2v) is 6.50. The fraction of sp³-hybridized carbons (Fsp3) is 0.0526. The van der Waals surface area contributed by atoms with Gasteiger partial charge in [-0.05, 0) is 48.9 Å². The average molecular weight is 334 g/mol. The first-order valence-electron chi connectivity index (χ1n) is 7.53. The molecule has 0 aliphatic rings. The first-order valence-corrected chi connectivity index (χ1v) is 8.34. The molecule has 24 heavy (non-hydrogen) atoms. The molecule has 4 rings (SSSR count). The van der Waals surface area contributed by atoms with Crippen LogP contribution >= 0.6 is 11.3 Å². The van der Waals surface area contributed by atoms with Gasteiger partial charge in [0.1, 0.15) is 0 Å². The minimum Gasteiger partial charge on any atom is -0.448 e. The van der Waals surface area contributed by atoms with Gasteiger partial charge in [-0.3, -0.25) is 4.79 Å². The van der Waals surface area contributed by atoms with Crippen molar-refractivity contribution in [2.75, 3.05) is 5.32 Å². The van der Waals surface area contributed by atoms with Crippen LogP contribution in [0, 0.1) is 6.92 Å². The summed E-state index contributed by atoms with van der Waals surface area (Å²) in [6.07, 6.45) is 0. The van der Waals surface area contributed by atoms with Gasteiger partial charge in [0.15, 0.2) is 16.5 Å². The summed E-state index contributed by atoms with van der Waals surface area (Å²) in [5, 5.41) is 3.61. The minimum atomic E-state index is -0.270. The van der Waals surface area contributed by atoms with Gasteiger partial charge in [0.2, 0.25) is 0 Å². The van der Waals surface area contributed by atoms with Gasteiger partial charge in [-0.25, -0.2) is 4.98 Å². The molecule has 0 atom stereocenters. The highest BCUT2D eigenvalue weighted by molar-refractivity contribution is 7.21. The van der Waals surface area contributed by atoms with Crippen LogP contribution in [0.3, 0.4) is 0 Å². The molecule has 4 aromatic rings. The highest BCUT2D eigenvalue weighted by atomic mass is 32.1. The van der Waals surface area contributed by atoms with Gasteiger partial charge in [-0.15, -0.1) is 11.3 Å². The van der Waals surface area contributed by atoms with Gasteiger partial charge in [0.25, 0.3) is 5.91 Å². The number of carbonyl (C=O) groups is 1. The summed E-state index contributed by atoms with van der Waals surface area (Å²) in [4.78, 5) is 16.9. The van der Waals surface area contributed by atoms with Crippen molar-refractivity contribution >= 4 is 33.1 Å². The SMILES string of the molecule is Cc1cccc(NC(=O)c2ccc(-c3nc4ccccc4s3)o2)c1. The molecule has 0 bridgehead atoms. The summed E-state index contributed by atoms with van der Waals surface area (Å²) in [6, 6.07) is 19.0. The third-order valence-electron chi connectivity index (χ3n) is 3.61. The first-order chi connectivity index (χ1) is 11.7. The van der Waals surface area contributed by atoms with Crippen LogP contribution in [0.1, 0.15) is 16.1 Å². The molecule has 118 valence electrons. The van der Waals surface area contributed by atoms with Gasteiger partial charge in [-0.1, -0.05) is 24.3 Å². The molecule has 2 aromatic carbocycles. The molecular weight excluding hydrogens is 320 g/mol. The molecule has 2 heterocycles. The zero-order valence-electron chi connectivity index (χ0n) is 12.9. The number of fused-ring (bicyclic) bond motifs is 1. The molecule has 4 nitrogen and oxygen atoms in total.